The van der Waals surface area contributed by atoms with E-state index in [0.29, 0.717) is 12.2 Å². The molecule has 0 saturated carbocycles. The van der Waals surface area contributed by atoms with Crippen LogP contribution in [0.4, 0.5) is 0 Å². The van der Waals surface area contributed by atoms with E-state index < -0.39 is 11.9 Å². The summed E-state index contributed by atoms with van der Waals surface area (Å²) in [4.78, 5) is 22.9. The van der Waals surface area contributed by atoms with Crippen LogP contribution >= 0.6 is 0 Å². The average molecular weight is 425 g/mol. The summed E-state index contributed by atoms with van der Waals surface area (Å²) in [6.45, 7) is 0.388. The van der Waals surface area contributed by atoms with Crippen LogP contribution in [-0.2, 0) is 11.2 Å². The number of aromatic carboxylic acids is 1. The van der Waals surface area contributed by atoms with Crippen LogP contribution < -0.4 is 0 Å². The summed E-state index contributed by atoms with van der Waals surface area (Å²) in [5, 5.41) is 8.98. The largest absolute Gasteiger partial charge is 0.478 e. The van der Waals surface area contributed by atoms with Crippen molar-refractivity contribution in [2.24, 2.45) is 0 Å². The molecule has 31 heavy (non-hydrogen) atoms. The summed E-state index contributed by atoms with van der Waals surface area (Å²) in [7, 11) is 0. The zero-order valence-corrected chi connectivity index (χ0v) is 18.6. The van der Waals surface area contributed by atoms with Gasteiger partial charge in [0.2, 0.25) is 0 Å². The molecule has 0 radical (unpaired) electrons. The standard InChI is InChI=1S/C27H36O4/c28-26(29)24-19-15-20-25(22-24)27(30)31-21-14-9-7-5-3-1-2-4-6-8-11-16-23-17-12-10-13-18-23/h10,12-13,15,17-20,22H,1-9,11,14,16,21H2,(H,28,29). The number of carbonyl (C=O) groups is 2. The fourth-order valence-corrected chi connectivity index (χ4v) is 3.69. The zero-order chi connectivity index (χ0) is 22.2. The third-order valence-electron chi connectivity index (χ3n) is 5.53. The number of rotatable bonds is 16. The van der Waals surface area contributed by atoms with Gasteiger partial charge >= 0.3 is 11.9 Å². The van der Waals surface area contributed by atoms with E-state index in [1.165, 1.54) is 81.9 Å². The number of carbonyl (C=O) groups excluding carboxylic acids is 1. The number of ether oxygens (including phenoxy) is 1. The summed E-state index contributed by atoms with van der Waals surface area (Å²) in [5.74, 6) is -1.50. The van der Waals surface area contributed by atoms with Gasteiger partial charge in [-0.2, -0.15) is 0 Å². The third kappa shape index (κ3) is 10.8. The number of esters is 1. The molecule has 4 nitrogen and oxygen atoms in total. The van der Waals surface area contributed by atoms with Crippen molar-refractivity contribution in [2.45, 2.75) is 77.0 Å². The first-order chi connectivity index (χ1) is 15.2. The zero-order valence-electron chi connectivity index (χ0n) is 18.6. The molecule has 0 aromatic heterocycles. The lowest BCUT2D eigenvalue weighted by Gasteiger charge is -2.06. The Balaban J connectivity index is 1.37. The van der Waals surface area contributed by atoms with Gasteiger partial charge in [0.15, 0.2) is 0 Å². The average Bonchev–Trinajstić information content (AvgIpc) is 2.80. The molecule has 168 valence electrons. The third-order valence-corrected chi connectivity index (χ3v) is 5.53. The summed E-state index contributed by atoms with van der Waals surface area (Å²) >= 11 is 0. The molecule has 0 unspecified atom stereocenters. The van der Waals surface area contributed by atoms with Crippen LogP contribution in [0, 0.1) is 0 Å². The fraction of sp³-hybridized carbons (Fsp3) is 0.481. The second kappa shape index (κ2) is 15.2. The number of aryl methyl sites for hydroxylation is 1. The van der Waals surface area contributed by atoms with E-state index in [0.717, 1.165) is 12.8 Å². The van der Waals surface area contributed by atoms with E-state index in [2.05, 4.69) is 30.3 Å². The summed E-state index contributed by atoms with van der Waals surface area (Å²) in [5.41, 5.74) is 1.84. The molecule has 0 aliphatic heterocycles. The number of carboxylic acid groups (broad SMARTS) is 1. The van der Waals surface area contributed by atoms with Crippen molar-refractivity contribution >= 4 is 11.9 Å². The van der Waals surface area contributed by atoms with Crippen LogP contribution in [0.3, 0.4) is 0 Å². The van der Waals surface area contributed by atoms with Gasteiger partial charge in [0.1, 0.15) is 0 Å². The summed E-state index contributed by atoms with van der Waals surface area (Å²) in [6, 6.07) is 16.7. The van der Waals surface area contributed by atoms with Gasteiger partial charge in [0, 0.05) is 0 Å². The number of carboxylic acids is 1. The van der Waals surface area contributed by atoms with E-state index >= 15 is 0 Å². The van der Waals surface area contributed by atoms with E-state index in [9.17, 15) is 9.59 Å². The SMILES string of the molecule is O=C(O)c1cccc(C(=O)OCCCCCCCCCCCCCc2ccccc2)c1. The number of benzene rings is 2. The van der Waals surface area contributed by atoms with E-state index in [1.54, 1.807) is 12.1 Å². The molecular weight excluding hydrogens is 388 g/mol. The molecule has 2 aromatic rings. The van der Waals surface area contributed by atoms with Crippen LogP contribution in [0.2, 0.25) is 0 Å². The predicted octanol–water partition coefficient (Wildman–Crippen LogP) is 7.08. The minimum Gasteiger partial charge on any atom is -0.478 e. The van der Waals surface area contributed by atoms with Crippen LogP contribution in [0.25, 0.3) is 0 Å². The maximum atomic E-state index is 12.0. The number of hydrogen-bond acceptors (Lipinski definition) is 3. The van der Waals surface area contributed by atoms with Crippen molar-refractivity contribution in [1.29, 1.82) is 0 Å². The van der Waals surface area contributed by atoms with Gasteiger partial charge < -0.3 is 9.84 Å². The summed E-state index contributed by atoms with van der Waals surface area (Å²) < 4.78 is 5.25. The van der Waals surface area contributed by atoms with Crippen molar-refractivity contribution in [2.75, 3.05) is 6.61 Å². The van der Waals surface area contributed by atoms with E-state index in [4.69, 9.17) is 9.84 Å². The van der Waals surface area contributed by atoms with Crippen LogP contribution in [0.1, 0.15) is 96.9 Å². The molecule has 0 saturated heterocycles. The highest BCUT2D eigenvalue weighted by atomic mass is 16.5. The Hall–Kier alpha value is -2.62. The predicted molar refractivity (Wildman–Crippen MR) is 125 cm³/mol. The van der Waals surface area contributed by atoms with Crippen molar-refractivity contribution < 1.29 is 19.4 Å². The first kappa shape index (κ1) is 24.6. The molecule has 0 bridgehead atoms. The molecule has 0 aliphatic carbocycles. The first-order valence-electron chi connectivity index (χ1n) is 11.7. The van der Waals surface area contributed by atoms with Crippen molar-refractivity contribution in [1.82, 2.24) is 0 Å². The minimum absolute atomic E-state index is 0.0987. The molecule has 0 spiro atoms. The number of unbranched alkanes of at least 4 members (excludes halogenated alkanes) is 10. The van der Waals surface area contributed by atoms with E-state index in [1.807, 2.05) is 0 Å². The highest BCUT2D eigenvalue weighted by Gasteiger charge is 2.10. The molecule has 4 heteroatoms. The molecule has 0 amide bonds. The molecule has 0 heterocycles. The van der Waals surface area contributed by atoms with Gasteiger partial charge in [0.25, 0.3) is 0 Å². The Morgan fingerprint density at radius 3 is 1.81 bits per heavy atom. The number of hydrogen-bond donors (Lipinski definition) is 1. The van der Waals surface area contributed by atoms with Crippen LogP contribution in [0.5, 0.6) is 0 Å². The maximum absolute atomic E-state index is 12.0. The lowest BCUT2D eigenvalue weighted by atomic mass is 10.0. The first-order valence-corrected chi connectivity index (χ1v) is 11.7. The fourth-order valence-electron chi connectivity index (χ4n) is 3.69. The van der Waals surface area contributed by atoms with Crippen molar-refractivity contribution in [3.63, 3.8) is 0 Å². The molecule has 0 aliphatic rings. The lowest BCUT2D eigenvalue weighted by Crippen LogP contribution is -2.08. The topological polar surface area (TPSA) is 63.6 Å². The lowest BCUT2D eigenvalue weighted by molar-refractivity contribution is 0.0497. The Morgan fingerprint density at radius 2 is 1.19 bits per heavy atom. The van der Waals surface area contributed by atoms with Crippen LogP contribution in [0.15, 0.2) is 54.6 Å². The Labute approximate surface area is 186 Å². The normalized spacial score (nSPS) is 10.7. The highest BCUT2D eigenvalue weighted by molar-refractivity contribution is 5.94. The molecule has 2 rings (SSSR count). The Morgan fingerprint density at radius 1 is 0.645 bits per heavy atom. The molecule has 1 N–H and O–H groups in total. The van der Waals surface area contributed by atoms with Gasteiger partial charge in [-0.3, -0.25) is 0 Å². The minimum atomic E-state index is -1.04. The van der Waals surface area contributed by atoms with Gasteiger partial charge in [0.05, 0.1) is 17.7 Å². The second-order valence-corrected chi connectivity index (χ2v) is 8.15. The van der Waals surface area contributed by atoms with Gasteiger partial charge in [-0.15, -0.1) is 0 Å². The van der Waals surface area contributed by atoms with Gasteiger partial charge in [-0.25, -0.2) is 9.59 Å². The second-order valence-electron chi connectivity index (χ2n) is 8.15. The molecule has 0 fully saturated rings. The smallest absolute Gasteiger partial charge is 0.338 e. The highest BCUT2D eigenvalue weighted by Crippen LogP contribution is 2.13. The van der Waals surface area contributed by atoms with Crippen molar-refractivity contribution in [3.05, 3.63) is 71.3 Å². The van der Waals surface area contributed by atoms with Gasteiger partial charge in [-0.05, 0) is 43.0 Å². The molecule has 0 atom stereocenters. The van der Waals surface area contributed by atoms with Gasteiger partial charge in [-0.1, -0.05) is 94.2 Å². The van der Waals surface area contributed by atoms with Crippen molar-refractivity contribution in [3.8, 4) is 0 Å². The molecule has 2 aromatic carbocycles. The molecular formula is C27H36O4. The van der Waals surface area contributed by atoms with E-state index in [-0.39, 0.29) is 5.56 Å². The summed E-state index contributed by atoms with van der Waals surface area (Å²) in [6.07, 6.45) is 14.7. The quantitative estimate of drug-likeness (QED) is 0.231. The maximum Gasteiger partial charge on any atom is 0.338 e. The Kier molecular flexibility index (Phi) is 12.1. The Bertz CT molecular complexity index is 770. The monoisotopic (exact) mass is 424 g/mol. The van der Waals surface area contributed by atoms with Crippen LogP contribution in [-0.4, -0.2) is 23.7 Å².